The predicted molar refractivity (Wildman–Crippen MR) is 74.3 cm³/mol. The Balaban J connectivity index is 2.18. The first-order valence-corrected chi connectivity index (χ1v) is 6.11. The van der Waals surface area contributed by atoms with Crippen molar-refractivity contribution in [3.63, 3.8) is 0 Å². The molecule has 0 aliphatic rings. The Bertz CT molecular complexity index is 759. The summed E-state index contributed by atoms with van der Waals surface area (Å²) in [5, 5.41) is 4.05. The molecule has 0 spiro atoms. The number of amides is 1. The third kappa shape index (κ3) is 1.88. The van der Waals surface area contributed by atoms with Gasteiger partial charge in [0.25, 0.3) is 5.91 Å². The van der Waals surface area contributed by atoms with Crippen LogP contribution in [0.5, 0.6) is 0 Å². The summed E-state index contributed by atoms with van der Waals surface area (Å²) in [6.07, 6.45) is 5.17. The minimum Gasteiger partial charge on any atom is -0.357 e. The number of aromatic amines is 2. The van der Waals surface area contributed by atoms with Crippen molar-refractivity contribution >= 4 is 28.5 Å². The summed E-state index contributed by atoms with van der Waals surface area (Å²) >= 11 is 6.23. The summed E-state index contributed by atoms with van der Waals surface area (Å²) in [6.45, 7) is 0. The fourth-order valence-corrected chi connectivity index (χ4v) is 2.34. The van der Waals surface area contributed by atoms with Gasteiger partial charge in [-0.1, -0.05) is 11.6 Å². The lowest BCUT2D eigenvalue weighted by atomic mass is 10.1. The van der Waals surface area contributed by atoms with Gasteiger partial charge in [0.2, 0.25) is 0 Å². The molecule has 0 bridgehead atoms. The molecule has 6 heteroatoms. The summed E-state index contributed by atoms with van der Waals surface area (Å²) in [4.78, 5) is 21.7. The van der Waals surface area contributed by atoms with Crippen LogP contribution in [0, 0.1) is 0 Å². The second-order valence-corrected chi connectivity index (χ2v) is 4.51. The Hall–Kier alpha value is -2.27. The fraction of sp³-hybridized carbons (Fsp3) is 0.0769. The minimum atomic E-state index is -0.165. The Labute approximate surface area is 114 Å². The molecule has 5 nitrogen and oxygen atoms in total. The van der Waals surface area contributed by atoms with Gasteiger partial charge in [-0.3, -0.25) is 4.79 Å². The van der Waals surface area contributed by atoms with Crippen molar-refractivity contribution in [3.05, 3.63) is 41.4 Å². The number of hydrogen-bond acceptors (Lipinski definition) is 2. The van der Waals surface area contributed by atoms with Crippen LogP contribution in [-0.2, 0) is 0 Å². The molecule has 0 saturated heterocycles. The maximum Gasteiger partial charge on any atom is 0.267 e. The van der Waals surface area contributed by atoms with Gasteiger partial charge in [-0.15, -0.1) is 0 Å². The van der Waals surface area contributed by atoms with Crippen molar-refractivity contribution in [3.8, 4) is 11.1 Å². The average molecular weight is 275 g/mol. The number of fused-ring (bicyclic) bond motifs is 1. The highest BCUT2D eigenvalue weighted by Gasteiger charge is 2.14. The minimum absolute atomic E-state index is 0.165. The monoisotopic (exact) mass is 274 g/mol. The van der Waals surface area contributed by atoms with E-state index in [1.807, 2.05) is 12.3 Å². The van der Waals surface area contributed by atoms with Crippen LogP contribution in [-0.4, -0.2) is 27.9 Å². The van der Waals surface area contributed by atoms with Crippen LogP contribution >= 0.6 is 11.6 Å². The second-order valence-electron chi connectivity index (χ2n) is 4.10. The standard InChI is InChI=1S/C13H11ClN4O/c1-15-13(19)10-4-7(5-17-10)11-8-2-3-16-12(8)18-6-9(11)14/h2-6,17H,1H3,(H,15,19)(H,16,18). The van der Waals surface area contributed by atoms with E-state index >= 15 is 0 Å². The quantitative estimate of drug-likeness (QED) is 0.672. The number of nitrogens with zero attached hydrogens (tertiary/aromatic N) is 1. The lowest BCUT2D eigenvalue weighted by molar-refractivity contribution is 0.0959. The van der Waals surface area contributed by atoms with Gasteiger partial charge < -0.3 is 15.3 Å². The molecule has 19 heavy (non-hydrogen) atoms. The Morgan fingerprint density at radius 2 is 2.26 bits per heavy atom. The molecule has 0 aliphatic heterocycles. The van der Waals surface area contributed by atoms with Gasteiger partial charge in [-0.05, 0) is 12.1 Å². The fourth-order valence-electron chi connectivity index (χ4n) is 2.08. The Kier molecular flexibility index (Phi) is 2.76. The van der Waals surface area contributed by atoms with E-state index in [1.165, 1.54) is 0 Å². The molecule has 0 unspecified atom stereocenters. The molecule has 3 aromatic heterocycles. The van der Waals surface area contributed by atoms with E-state index in [1.54, 1.807) is 25.5 Å². The van der Waals surface area contributed by atoms with Crippen molar-refractivity contribution in [1.29, 1.82) is 0 Å². The SMILES string of the molecule is CNC(=O)c1cc(-c2c(Cl)cnc3[nH]ccc23)c[nH]1. The summed E-state index contributed by atoms with van der Waals surface area (Å²) in [7, 11) is 1.59. The third-order valence-electron chi connectivity index (χ3n) is 2.98. The molecule has 3 heterocycles. The van der Waals surface area contributed by atoms with Crippen molar-refractivity contribution in [2.75, 3.05) is 7.05 Å². The van der Waals surface area contributed by atoms with Gasteiger partial charge in [0.15, 0.2) is 0 Å². The predicted octanol–water partition coefficient (Wildman–Crippen LogP) is 2.57. The number of pyridine rings is 1. The highest BCUT2D eigenvalue weighted by atomic mass is 35.5. The average Bonchev–Trinajstić information content (AvgIpc) is 3.06. The van der Waals surface area contributed by atoms with E-state index in [0.717, 1.165) is 22.2 Å². The zero-order valence-electron chi connectivity index (χ0n) is 10.1. The van der Waals surface area contributed by atoms with Gasteiger partial charge >= 0.3 is 0 Å². The maximum atomic E-state index is 11.6. The van der Waals surface area contributed by atoms with Crippen LogP contribution in [0.15, 0.2) is 30.7 Å². The molecular formula is C13H11ClN4O. The first kappa shape index (κ1) is 11.8. The molecule has 0 atom stereocenters. The van der Waals surface area contributed by atoms with Crippen molar-refractivity contribution < 1.29 is 4.79 Å². The highest BCUT2D eigenvalue weighted by molar-refractivity contribution is 6.34. The molecule has 1 amide bonds. The highest BCUT2D eigenvalue weighted by Crippen LogP contribution is 2.34. The third-order valence-corrected chi connectivity index (χ3v) is 3.27. The number of nitrogens with one attached hydrogen (secondary N) is 3. The number of aromatic nitrogens is 3. The number of carbonyl (C=O) groups excluding carboxylic acids is 1. The van der Waals surface area contributed by atoms with E-state index in [0.29, 0.717) is 10.7 Å². The summed E-state index contributed by atoms with van der Waals surface area (Å²) < 4.78 is 0. The molecular weight excluding hydrogens is 264 g/mol. The first-order valence-electron chi connectivity index (χ1n) is 5.73. The molecule has 0 aliphatic carbocycles. The second kappa shape index (κ2) is 4.44. The molecule has 0 saturated carbocycles. The first-order chi connectivity index (χ1) is 9.20. The van der Waals surface area contributed by atoms with Crippen LogP contribution in [0.4, 0.5) is 0 Å². The maximum absolute atomic E-state index is 11.6. The van der Waals surface area contributed by atoms with E-state index < -0.39 is 0 Å². The molecule has 0 aromatic carbocycles. The van der Waals surface area contributed by atoms with Gasteiger partial charge in [-0.2, -0.15) is 0 Å². The number of halogens is 1. The smallest absolute Gasteiger partial charge is 0.267 e. The molecule has 0 fully saturated rings. The normalized spacial score (nSPS) is 10.8. The van der Waals surface area contributed by atoms with Crippen LogP contribution in [0.2, 0.25) is 5.02 Å². The van der Waals surface area contributed by atoms with Crippen LogP contribution in [0.25, 0.3) is 22.2 Å². The van der Waals surface area contributed by atoms with Gasteiger partial charge in [0, 0.05) is 42.2 Å². The lowest BCUT2D eigenvalue weighted by Gasteiger charge is -2.02. The molecule has 3 aromatic rings. The molecule has 3 N–H and O–H groups in total. The van der Waals surface area contributed by atoms with Crippen molar-refractivity contribution in [1.82, 2.24) is 20.3 Å². The van der Waals surface area contributed by atoms with Crippen molar-refractivity contribution in [2.45, 2.75) is 0 Å². The lowest BCUT2D eigenvalue weighted by Crippen LogP contribution is -2.17. The summed E-state index contributed by atoms with van der Waals surface area (Å²) in [5.41, 5.74) is 2.98. The number of rotatable bonds is 2. The largest absolute Gasteiger partial charge is 0.357 e. The van der Waals surface area contributed by atoms with Gasteiger partial charge in [-0.25, -0.2) is 4.98 Å². The molecule has 0 radical (unpaired) electrons. The van der Waals surface area contributed by atoms with Crippen LogP contribution in [0.3, 0.4) is 0 Å². The van der Waals surface area contributed by atoms with Crippen LogP contribution < -0.4 is 5.32 Å². The Morgan fingerprint density at radius 3 is 3.05 bits per heavy atom. The zero-order chi connectivity index (χ0) is 13.4. The zero-order valence-corrected chi connectivity index (χ0v) is 10.9. The van der Waals surface area contributed by atoms with Crippen molar-refractivity contribution in [2.24, 2.45) is 0 Å². The van der Waals surface area contributed by atoms with E-state index in [-0.39, 0.29) is 5.91 Å². The van der Waals surface area contributed by atoms with E-state index in [2.05, 4.69) is 20.3 Å². The van der Waals surface area contributed by atoms with E-state index in [9.17, 15) is 4.79 Å². The molecule has 3 rings (SSSR count). The Morgan fingerprint density at radius 1 is 1.42 bits per heavy atom. The van der Waals surface area contributed by atoms with Gasteiger partial charge in [0.05, 0.1) is 5.02 Å². The van der Waals surface area contributed by atoms with Gasteiger partial charge in [0.1, 0.15) is 11.3 Å². The van der Waals surface area contributed by atoms with E-state index in [4.69, 9.17) is 11.6 Å². The van der Waals surface area contributed by atoms with Crippen LogP contribution in [0.1, 0.15) is 10.5 Å². The number of hydrogen-bond donors (Lipinski definition) is 3. The number of H-pyrrole nitrogens is 2. The number of carbonyl (C=O) groups is 1. The molecule has 96 valence electrons. The summed E-state index contributed by atoms with van der Waals surface area (Å²) in [6, 6.07) is 3.68. The summed E-state index contributed by atoms with van der Waals surface area (Å²) in [5.74, 6) is -0.165. The topological polar surface area (TPSA) is 73.6 Å².